The van der Waals surface area contributed by atoms with Crippen molar-refractivity contribution in [1.29, 1.82) is 0 Å². The Morgan fingerprint density at radius 3 is 2.52 bits per heavy atom. The average Bonchev–Trinajstić information content (AvgIpc) is 3.11. The minimum atomic E-state index is -3.76. The Morgan fingerprint density at radius 1 is 1.15 bits per heavy atom. The van der Waals surface area contributed by atoms with Gasteiger partial charge in [0.15, 0.2) is 0 Å². The molecule has 2 N–H and O–H groups in total. The summed E-state index contributed by atoms with van der Waals surface area (Å²) in [5.41, 5.74) is 2.98. The number of aryl methyl sites for hydroxylation is 1. The first-order valence-electron chi connectivity index (χ1n) is 8.42. The lowest BCUT2D eigenvalue weighted by Crippen LogP contribution is -2.18. The van der Waals surface area contributed by atoms with E-state index in [9.17, 15) is 12.8 Å². The zero-order valence-electron chi connectivity index (χ0n) is 14.7. The average molecular weight is 386 g/mol. The van der Waals surface area contributed by atoms with Crippen molar-refractivity contribution >= 4 is 16.2 Å². The standard InChI is InChI=1S/C19H19FN4O2S/c1-2-3-14-4-10-18(11-5-14)27(25,26)24-22-13-16-12-21-23-19(16)15-6-8-17(20)9-7-15/h4-13,24H,2-3H2,1H3,(H,21,23)/b22-13+. The SMILES string of the molecule is CCCc1ccc(S(=O)(=O)N/N=C/c2cn[nH]c2-c2ccc(F)cc2)cc1. The first-order chi connectivity index (χ1) is 13.0. The van der Waals surface area contributed by atoms with E-state index in [1.165, 1.54) is 24.5 Å². The largest absolute Gasteiger partial charge is 0.277 e. The summed E-state index contributed by atoms with van der Waals surface area (Å²) in [6, 6.07) is 12.6. The Morgan fingerprint density at radius 2 is 1.85 bits per heavy atom. The van der Waals surface area contributed by atoms with Gasteiger partial charge in [0.25, 0.3) is 10.0 Å². The molecule has 27 heavy (non-hydrogen) atoms. The number of hydrogen-bond acceptors (Lipinski definition) is 4. The highest BCUT2D eigenvalue weighted by atomic mass is 32.2. The van der Waals surface area contributed by atoms with Crippen LogP contribution >= 0.6 is 0 Å². The molecule has 0 amide bonds. The maximum absolute atomic E-state index is 13.1. The Kier molecular flexibility index (Phi) is 5.66. The molecular weight excluding hydrogens is 367 g/mol. The van der Waals surface area contributed by atoms with E-state index in [-0.39, 0.29) is 10.7 Å². The molecule has 140 valence electrons. The topological polar surface area (TPSA) is 87.2 Å². The van der Waals surface area contributed by atoms with E-state index in [0.717, 1.165) is 18.4 Å². The molecule has 0 atom stereocenters. The van der Waals surface area contributed by atoms with Crippen molar-refractivity contribution in [1.82, 2.24) is 15.0 Å². The summed E-state index contributed by atoms with van der Waals surface area (Å²) < 4.78 is 37.7. The van der Waals surface area contributed by atoms with Crippen LogP contribution in [0.2, 0.25) is 0 Å². The van der Waals surface area contributed by atoms with Crippen LogP contribution in [0.25, 0.3) is 11.3 Å². The first kappa shape index (κ1) is 18.8. The minimum absolute atomic E-state index is 0.144. The summed E-state index contributed by atoms with van der Waals surface area (Å²) in [5.74, 6) is -0.341. The van der Waals surface area contributed by atoms with E-state index in [1.807, 2.05) is 0 Å². The number of nitrogens with one attached hydrogen (secondary N) is 2. The van der Waals surface area contributed by atoms with Gasteiger partial charge in [0, 0.05) is 11.1 Å². The predicted octanol–water partition coefficient (Wildman–Crippen LogP) is 3.48. The smallest absolute Gasteiger partial charge is 0.276 e. The third kappa shape index (κ3) is 4.59. The highest BCUT2D eigenvalue weighted by Gasteiger charge is 2.13. The summed E-state index contributed by atoms with van der Waals surface area (Å²) >= 11 is 0. The molecule has 0 spiro atoms. The fraction of sp³-hybridized carbons (Fsp3) is 0.158. The number of halogens is 1. The number of nitrogens with zero attached hydrogens (tertiary/aromatic N) is 2. The number of benzene rings is 2. The summed E-state index contributed by atoms with van der Waals surface area (Å²) in [6.07, 6.45) is 4.76. The second kappa shape index (κ2) is 8.13. The Hall–Kier alpha value is -3.00. The molecule has 0 aliphatic carbocycles. The van der Waals surface area contributed by atoms with Gasteiger partial charge >= 0.3 is 0 Å². The second-order valence-electron chi connectivity index (χ2n) is 5.95. The van der Waals surface area contributed by atoms with Crippen molar-refractivity contribution in [2.45, 2.75) is 24.7 Å². The van der Waals surface area contributed by atoms with Crippen molar-refractivity contribution in [2.75, 3.05) is 0 Å². The van der Waals surface area contributed by atoms with Crippen LogP contribution in [0.15, 0.2) is 64.7 Å². The molecule has 0 saturated carbocycles. The fourth-order valence-corrected chi connectivity index (χ4v) is 3.37. The van der Waals surface area contributed by atoms with Gasteiger partial charge < -0.3 is 0 Å². The lowest BCUT2D eigenvalue weighted by atomic mass is 10.1. The van der Waals surface area contributed by atoms with E-state index >= 15 is 0 Å². The highest BCUT2D eigenvalue weighted by molar-refractivity contribution is 7.89. The molecule has 0 aliphatic heterocycles. The van der Waals surface area contributed by atoms with Crippen LogP contribution in [0, 0.1) is 5.82 Å². The molecule has 1 heterocycles. The minimum Gasteiger partial charge on any atom is -0.277 e. The van der Waals surface area contributed by atoms with Crippen molar-refractivity contribution in [2.24, 2.45) is 5.10 Å². The molecule has 0 aliphatic rings. The maximum atomic E-state index is 13.1. The molecule has 0 saturated heterocycles. The molecule has 0 unspecified atom stereocenters. The number of aromatic amines is 1. The van der Waals surface area contributed by atoms with Crippen LogP contribution in [0.3, 0.4) is 0 Å². The molecule has 0 fully saturated rings. The van der Waals surface area contributed by atoms with Gasteiger partial charge in [0.2, 0.25) is 0 Å². The van der Waals surface area contributed by atoms with Crippen LogP contribution in [-0.2, 0) is 16.4 Å². The van der Waals surface area contributed by atoms with Crippen LogP contribution < -0.4 is 4.83 Å². The number of aromatic nitrogens is 2. The molecule has 8 heteroatoms. The summed E-state index contributed by atoms with van der Waals surface area (Å²) in [5, 5.41) is 10.6. The molecule has 3 aromatic rings. The van der Waals surface area contributed by atoms with E-state index in [1.54, 1.807) is 36.4 Å². The van der Waals surface area contributed by atoms with E-state index in [4.69, 9.17) is 0 Å². The molecule has 0 radical (unpaired) electrons. The summed E-state index contributed by atoms with van der Waals surface area (Å²) in [6.45, 7) is 2.07. The lowest BCUT2D eigenvalue weighted by molar-refractivity contribution is 0.584. The number of sulfonamides is 1. The van der Waals surface area contributed by atoms with Crippen LogP contribution in [-0.4, -0.2) is 24.8 Å². The van der Waals surface area contributed by atoms with Crippen molar-refractivity contribution in [3.63, 3.8) is 0 Å². The third-order valence-electron chi connectivity index (χ3n) is 3.95. The van der Waals surface area contributed by atoms with Crippen LogP contribution in [0.1, 0.15) is 24.5 Å². The van der Waals surface area contributed by atoms with Crippen molar-refractivity contribution in [3.05, 3.63) is 71.7 Å². The molecule has 2 aromatic carbocycles. The second-order valence-corrected chi connectivity index (χ2v) is 7.61. The van der Waals surface area contributed by atoms with Gasteiger partial charge in [-0.05, 0) is 48.4 Å². The molecular formula is C19H19FN4O2S. The van der Waals surface area contributed by atoms with Gasteiger partial charge in [-0.15, -0.1) is 0 Å². The number of rotatable bonds is 7. The molecule has 6 nitrogen and oxygen atoms in total. The van der Waals surface area contributed by atoms with E-state index in [0.29, 0.717) is 16.8 Å². The van der Waals surface area contributed by atoms with Gasteiger partial charge in [-0.3, -0.25) is 5.10 Å². The zero-order chi connectivity index (χ0) is 19.3. The van der Waals surface area contributed by atoms with Gasteiger partial charge in [0.1, 0.15) is 5.82 Å². The van der Waals surface area contributed by atoms with Gasteiger partial charge in [-0.1, -0.05) is 25.5 Å². The summed E-state index contributed by atoms with van der Waals surface area (Å²) in [7, 11) is -3.76. The normalized spacial score (nSPS) is 11.8. The lowest BCUT2D eigenvalue weighted by Gasteiger charge is -2.05. The van der Waals surface area contributed by atoms with Crippen molar-refractivity contribution < 1.29 is 12.8 Å². The van der Waals surface area contributed by atoms with E-state index < -0.39 is 10.0 Å². The quantitative estimate of drug-likeness (QED) is 0.481. The summed E-state index contributed by atoms with van der Waals surface area (Å²) in [4.78, 5) is 2.34. The Labute approximate surface area is 157 Å². The zero-order valence-corrected chi connectivity index (χ0v) is 15.5. The first-order valence-corrected chi connectivity index (χ1v) is 9.91. The maximum Gasteiger partial charge on any atom is 0.276 e. The predicted molar refractivity (Wildman–Crippen MR) is 102 cm³/mol. The van der Waals surface area contributed by atoms with Gasteiger partial charge in [-0.2, -0.15) is 18.6 Å². The molecule has 1 aromatic heterocycles. The fourth-order valence-electron chi connectivity index (χ4n) is 2.58. The number of H-pyrrole nitrogens is 1. The molecule has 0 bridgehead atoms. The Bertz CT molecular complexity index is 1030. The van der Waals surface area contributed by atoms with Crippen molar-refractivity contribution in [3.8, 4) is 11.3 Å². The van der Waals surface area contributed by atoms with E-state index in [2.05, 4.69) is 27.1 Å². The van der Waals surface area contributed by atoms with Crippen LogP contribution in [0.5, 0.6) is 0 Å². The molecule has 3 rings (SSSR count). The number of hydrogen-bond donors (Lipinski definition) is 2. The van der Waals surface area contributed by atoms with Gasteiger partial charge in [-0.25, -0.2) is 9.22 Å². The Balaban J connectivity index is 1.74. The third-order valence-corrected chi connectivity index (χ3v) is 5.19. The van der Waals surface area contributed by atoms with Crippen LogP contribution in [0.4, 0.5) is 4.39 Å². The van der Waals surface area contributed by atoms with Gasteiger partial charge in [0.05, 0.1) is 23.0 Å². The number of hydrazone groups is 1. The highest BCUT2D eigenvalue weighted by Crippen LogP contribution is 2.20. The monoisotopic (exact) mass is 386 g/mol.